The monoisotopic (exact) mass is 312 g/mol. The van der Waals surface area contributed by atoms with Crippen molar-refractivity contribution >= 4 is 21.9 Å². The third-order valence-corrected chi connectivity index (χ3v) is 2.51. The molecule has 0 radical (unpaired) electrons. The van der Waals surface area contributed by atoms with Gasteiger partial charge in [-0.2, -0.15) is 0 Å². The van der Waals surface area contributed by atoms with Crippen molar-refractivity contribution in [1.29, 1.82) is 0 Å². The first kappa shape index (κ1) is 14.0. The molecule has 94 valence electrons. The van der Waals surface area contributed by atoms with Crippen LogP contribution in [0.15, 0.2) is 10.5 Å². The second-order valence-electron chi connectivity index (χ2n) is 3.04. The van der Waals surface area contributed by atoms with Crippen LogP contribution in [0.25, 0.3) is 0 Å². The Morgan fingerprint density at radius 1 is 1.47 bits per heavy atom. The molecule has 0 aliphatic rings. The Morgan fingerprint density at radius 3 is 2.59 bits per heavy atom. The number of benzene rings is 1. The molecule has 1 unspecified atom stereocenters. The SMILES string of the molecule is CCOC(=O)C(O)c1c(F)c(F)cc(Br)c1F. The number of hydrogen-bond acceptors (Lipinski definition) is 3. The van der Waals surface area contributed by atoms with Crippen molar-refractivity contribution in [3.8, 4) is 0 Å². The van der Waals surface area contributed by atoms with E-state index >= 15 is 0 Å². The first-order chi connectivity index (χ1) is 7.90. The zero-order valence-corrected chi connectivity index (χ0v) is 10.2. The largest absolute Gasteiger partial charge is 0.464 e. The van der Waals surface area contributed by atoms with Crippen LogP contribution in [0, 0.1) is 17.5 Å². The predicted molar refractivity (Wildman–Crippen MR) is 55.6 cm³/mol. The number of ether oxygens (including phenoxy) is 1. The second kappa shape index (κ2) is 5.50. The van der Waals surface area contributed by atoms with Gasteiger partial charge in [-0.05, 0) is 28.9 Å². The van der Waals surface area contributed by atoms with Crippen LogP contribution in [0.2, 0.25) is 0 Å². The van der Waals surface area contributed by atoms with Crippen LogP contribution in [-0.4, -0.2) is 17.7 Å². The minimum Gasteiger partial charge on any atom is -0.464 e. The molecule has 0 amide bonds. The molecule has 0 heterocycles. The van der Waals surface area contributed by atoms with E-state index in [0.29, 0.717) is 6.07 Å². The van der Waals surface area contributed by atoms with E-state index in [9.17, 15) is 23.1 Å². The lowest BCUT2D eigenvalue weighted by atomic mass is 10.1. The van der Waals surface area contributed by atoms with Crippen molar-refractivity contribution in [2.75, 3.05) is 6.61 Å². The highest BCUT2D eigenvalue weighted by Crippen LogP contribution is 2.29. The minimum absolute atomic E-state index is 0.0738. The van der Waals surface area contributed by atoms with Gasteiger partial charge in [0, 0.05) is 0 Å². The number of hydrogen-bond donors (Lipinski definition) is 1. The van der Waals surface area contributed by atoms with Crippen LogP contribution in [0.5, 0.6) is 0 Å². The van der Waals surface area contributed by atoms with Crippen molar-refractivity contribution in [2.45, 2.75) is 13.0 Å². The quantitative estimate of drug-likeness (QED) is 0.689. The summed E-state index contributed by atoms with van der Waals surface area (Å²) in [4.78, 5) is 11.1. The number of carbonyl (C=O) groups is 1. The van der Waals surface area contributed by atoms with Crippen molar-refractivity contribution < 1.29 is 27.8 Å². The normalized spacial score (nSPS) is 12.4. The van der Waals surface area contributed by atoms with Crippen molar-refractivity contribution in [2.24, 2.45) is 0 Å². The van der Waals surface area contributed by atoms with Gasteiger partial charge in [0.25, 0.3) is 0 Å². The fraction of sp³-hybridized carbons (Fsp3) is 0.300. The Kier molecular flexibility index (Phi) is 4.53. The number of esters is 1. The molecule has 7 heteroatoms. The highest BCUT2D eigenvalue weighted by molar-refractivity contribution is 9.10. The van der Waals surface area contributed by atoms with E-state index in [2.05, 4.69) is 20.7 Å². The number of carbonyl (C=O) groups excluding carboxylic acids is 1. The molecule has 1 aromatic rings. The molecular formula is C10H8BrF3O3. The summed E-state index contributed by atoms with van der Waals surface area (Å²) in [7, 11) is 0. The fourth-order valence-electron chi connectivity index (χ4n) is 1.17. The van der Waals surface area contributed by atoms with Crippen LogP contribution < -0.4 is 0 Å². The van der Waals surface area contributed by atoms with Crippen LogP contribution in [0.1, 0.15) is 18.6 Å². The molecule has 1 atom stereocenters. The molecule has 0 spiro atoms. The zero-order valence-electron chi connectivity index (χ0n) is 8.64. The lowest BCUT2D eigenvalue weighted by Crippen LogP contribution is -2.19. The molecule has 17 heavy (non-hydrogen) atoms. The van der Waals surface area contributed by atoms with Gasteiger partial charge in [-0.3, -0.25) is 0 Å². The molecule has 0 aromatic heterocycles. The van der Waals surface area contributed by atoms with Gasteiger partial charge in [0.1, 0.15) is 5.82 Å². The summed E-state index contributed by atoms with van der Waals surface area (Å²) < 4.78 is 43.8. The van der Waals surface area contributed by atoms with Crippen molar-refractivity contribution in [3.63, 3.8) is 0 Å². The van der Waals surface area contributed by atoms with Gasteiger partial charge in [-0.15, -0.1) is 0 Å². The summed E-state index contributed by atoms with van der Waals surface area (Å²) in [6.45, 7) is 1.38. The molecule has 0 fully saturated rings. The van der Waals surface area contributed by atoms with Gasteiger partial charge >= 0.3 is 5.97 Å². The van der Waals surface area contributed by atoms with E-state index in [1.165, 1.54) is 6.92 Å². The average molecular weight is 313 g/mol. The summed E-state index contributed by atoms with van der Waals surface area (Å²) in [5, 5.41) is 9.39. The number of halogens is 4. The third-order valence-electron chi connectivity index (χ3n) is 1.93. The van der Waals surface area contributed by atoms with Gasteiger partial charge in [-0.25, -0.2) is 18.0 Å². The Hall–Kier alpha value is -1.08. The maximum absolute atomic E-state index is 13.5. The van der Waals surface area contributed by atoms with E-state index in [1.807, 2.05) is 0 Å². The van der Waals surface area contributed by atoms with E-state index < -0.39 is 39.6 Å². The maximum atomic E-state index is 13.5. The molecule has 0 bridgehead atoms. The molecule has 3 nitrogen and oxygen atoms in total. The third kappa shape index (κ3) is 2.78. The van der Waals surface area contributed by atoms with E-state index in [1.54, 1.807) is 0 Å². The molecule has 0 aliphatic heterocycles. The molecule has 1 N–H and O–H groups in total. The van der Waals surface area contributed by atoms with Crippen LogP contribution >= 0.6 is 15.9 Å². The fourth-order valence-corrected chi connectivity index (χ4v) is 1.59. The Morgan fingerprint density at radius 2 is 2.06 bits per heavy atom. The average Bonchev–Trinajstić information content (AvgIpc) is 2.27. The summed E-state index contributed by atoms with van der Waals surface area (Å²) in [5.74, 6) is -5.49. The smallest absolute Gasteiger partial charge is 0.339 e. The van der Waals surface area contributed by atoms with Gasteiger partial charge in [0.2, 0.25) is 0 Å². The van der Waals surface area contributed by atoms with Gasteiger partial charge in [0.05, 0.1) is 16.6 Å². The number of aliphatic hydroxyl groups excluding tert-OH is 1. The molecular weight excluding hydrogens is 305 g/mol. The molecule has 0 aliphatic carbocycles. The van der Waals surface area contributed by atoms with Gasteiger partial charge in [0.15, 0.2) is 17.7 Å². The number of aliphatic hydroxyl groups is 1. The molecule has 0 saturated heterocycles. The van der Waals surface area contributed by atoms with Crippen molar-refractivity contribution in [1.82, 2.24) is 0 Å². The predicted octanol–water partition coefficient (Wildman–Crippen LogP) is 2.46. The van der Waals surface area contributed by atoms with Crippen molar-refractivity contribution in [3.05, 3.63) is 33.6 Å². The molecule has 1 aromatic carbocycles. The maximum Gasteiger partial charge on any atom is 0.339 e. The van der Waals surface area contributed by atoms with Gasteiger partial charge in [-0.1, -0.05) is 0 Å². The highest BCUT2D eigenvalue weighted by Gasteiger charge is 2.29. The summed E-state index contributed by atoms with van der Waals surface area (Å²) in [6.07, 6.45) is -2.21. The minimum atomic E-state index is -2.21. The summed E-state index contributed by atoms with van der Waals surface area (Å²) >= 11 is 2.64. The first-order valence-corrected chi connectivity index (χ1v) is 5.37. The first-order valence-electron chi connectivity index (χ1n) is 4.57. The standard InChI is InChI=1S/C10H8BrF3O3/c1-2-17-10(16)9(15)6-7(13)4(11)3-5(12)8(6)14/h3,9,15H,2H2,1H3. The van der Waals surface area contributed by atoms with Crippen LogP contribution in [0.3, 0.4) is 0 Å². The lowest BCUT2D eigenvalue weighted by molar-refractivity contribution is -0.153. The molecule has 0 saturated carbocycles. The lowest BCUT2D eigenvalue weighted by Gasteiger charge is -2.13. The van der Waals surface area contributed by atoms with Crippen LogP contribution in [-0.2, 0) is 9.53 Å². The van der Waals surface area contributed by atoms with E-state index in [-0.39, 0.29) is 6.61 Å². The van der Waals surface area contributed by atoms with Gasteiger partial charge < -0.3 is 9.84 Å². The topological polar surface area (TPSA) is 46.5 Å². The Bertz CT molecular complexity index is 425. The molecule has 1 rings (SSSR count). The Balaban J connectivity index is 3.25. The zero-order chi connectivity index (χ0) is 13.2. The second-order valence-corrected chi connectivity index (χ2v) is 3.89. The van der Waals surface area contributed by atoms with E-state index in [0.717, 1.165) is 0 Å². The summed E-state index contributed by atoms with van der Waals surface area (Å²) in [6, 6.07) is 0.562. The Labute approximate surface area is 103 Å². The highest BCUT2D eigenvalue weighted by atomic mass is 79.9. The van der Waals surface area contributed by atoms with E-state index in [4.69, 9.17) is 0 Å². The number of rotatable bonds is 3. The summed E-state index contributed by atoms with van der Waals surface area (Å²) in [5.41, 5.74) is -1.07. The van der Waals surface area contributed by atoms with Crippen LogP contribution in [0.4, 0.5) is 13.2 Å².